The summed E-state index contributed by atoms with van der Waals surface area (Å²) >= 11 is 0. The summed E-state index contributed by atoms with van der Waals surface area (Å²) in [5.41, 5.74) is 8.07. The van der Waals surface area contributed by atoms with E-state index in [1.165, 1.54) is 7.11 Å². The Bertz CT molecular complexity index is 864. The summed E-state index contributed by atoms with van der Waals surface area (Å²) in [6, 6.07) is 12.8. The Morgan fingerprint density at radius 3 is 2.36 bits per heavy atom. The number of amides is 2. The van der Waals surface area contributed by atoms with Gasteiger partial charge in [0.05, 0.1) is 27.1 Å². The number of aryl methyl sites for hydroxylation is 1. The van der Waals surface area contributed by atoms with Crippen molar-refractivity contribution in [1.82, 2.24) is 10.9 Å². The van der Waals surface area contributed by atoms with E-state index in [4.69, 9.17) is 9.47 Å². The molecule has 2 rings (SSSR count). The minimum atomic E-state index is -0.271. The molecule has 0 radical (unpaired) electrons. The van der Waals surface area contributed by atoms with Gasteiger partial charge < -0.3 is 20.2 Å². The summed E-state index contributed by atoms with van der Waals surface area (Å²) in [7, 11) is 3.09. The number of hydrogen-bond donors (Lipinski definition) is 3. The molecule has 0 aliphatic heterocycles. The minimum absolute atomic E-state index is 0.0327. The molecule has 148 valence electrons. The van der Waals surface area contributed by atoms with E-state index in [9.17, 15) is 9.59 Å². The fourth-order valence-electron chi connectivity index (χ4n) is 2.52. The van der Waals surface area contributed by atoms with Crippen molar-refractivity contribution in [2.45, 2.75) is 19.8 Å². The molecule has 2 aromatic carbocycles. The quantitative estimate of drug-likeness (QED) is 0.580. The fraction of sp³-hybridized carbons (Fsp3) is 0.238. The number of anilines is 1. The molecule has 0 aliphatic rings. The van der Waals surface area contributed by atoms with Gasteiger partial charge in [-0.3, -0.25) is 15.0 Å². The number of benzene rings is 2. The highest BCUT2D eigenvalue weighted by atomic mass is 16.5. The van der Waals surface area contributed by atoms with Crippen molar-refractivity contribution in [1.29, 1.82) is 0 Å². The van der Waals surface area contributed by atoms with Crippen LogP contribution in [0.5, 0.6) is 11.5 Å². The van der Waals surface area contributed by atoms with Gasteiger partial charge in [0, 0.05) is 11.4 Å². The lowest BCUT2D eigenvalue weighted by molar-refractivity contribution is -0.121. The number of carbonyl (C=O) groups excluding carboxylic acids is 2. The predicted molar refractivity (Wildman–Crippen MR) is 108 cm³/mol. The second kappa shape index (κ2) is 10.0. The lowest BCUT2D eigenvalue weighted by Gasteiger charge is -2.13. The van der Waals surface area contributed by atoms with Gasteiger partial charge in [-0.15, -0.1) is 0 Å². The number of hydrazine groups is 1. The van der Waals surface area contributed by atoms with Crippen LogP contribution in [-0.2, 0) is 16.0 Å². The molecular weight excluding hydrogens is 358 g/mol. The minimum Gasteiger partial charge on any atom is -0.493 e. The molecule has 0 unspecified atom stereocenters. The zero-order chi connectivity index (χ0) is 20.5. The van der Waals surface area contributed by atoms with Gasteiger partial charge in [0.15, 0.2) is 11.5 Å². The van der Waals surface area contributed by atoms with Crippen molar-refractivity contribution in [2.24, 2.45) is 0 Å². The molecule has 2 aromatic rings. The van der Waals surface area contributed by atoms with Gasteiger partial charge in [0.1, 0.15) is 0 Å². The van der Waals surface area contributed by atoms with Crippen LogP contribution in [0.4, 0.5) is 5.69 Å². The van der Waals surface area contributed by atoms with Crippen LogP contribution >= 0.6 is 0 Å². The molecule has 28 heavy (non-hydrogen) atoms. The molecule has 0 saturated carbocycles. The number of hydrogen-bond acceptors (Lipinski definition) is 5. The molecule has 3 N–H and O–H groups in total. The molecule has 0 aromatic heterocycles. The Hall–Kier alpha value is -3.48. The van der Waals surface area contributed by atoms with Gasteiger partial charge in [-0.05, 0) is 36.2 Å². The average Bonchev–Trinajstić information content (AvgIpc) is 2.68. The maximum Gasteiger partial charge on any atom is 0.242 e. The third-order valence-corrected chi connectivity index (χ3v) is 3.98. The van der Waals surface area contributed by atoms with E-state index in [2.05, 4.69) is 22.7 Å². The Morgan fingerprint density at radius 2 is 1.68 bits per heavy atom. The molecule has 0 fully saturated rings. The highest BCUT2D eigenvalue weighted by molar-refractivity contribution is 5.92. The number of carbonyl (C=O) groups is 2. The van der Waals surface area contributed by atoms with E-state index < -0.39 is 0 Å². The van der Waals surface area contributed by atoms with Crippen molar-refractivity contribution >= 4 is 17.5 Å². The Balaban J connectivity index is 1.80. The van der Waals surface area contributed by atoms with Crippen molar-refractivity contribution in [3.8, 4) is 11.5 Å². The summed E-state index contributed by atoms with van der Waals surface area (Å²) in [4.78, 5) is 24.2. The standard InChI is InChI=1S/C21H25N3O4/c1-14-7-5-6-8-17(14)22-20(25)11-15(2)23-24-21(26)13-16-9-10-18(27-3)19(12-16)28-4/h5-10,12,23H,2,11,13H2,1,3-4H3,(H,22,25)(H,24,26). The molecule has 0 bridgehead atoms. The first kappa shape index (κ1) is 20.8. The monoisotopic (exact) mass is 383 g/mol. The molecule has 0 aliphatic carbocycles. The van der Waals surface area contributed by atoms with Gasteiger partial charge in [-0.2, -0.15) is 0 Å². The van der Waals surface area contributed by atoms with Crippen LogP contribution in [0, 0.1) is 6.92 Å². The molecule has 0 heterocycles. The first-order valence-corrected chi connectivity index (χ1v) is 8.72. The summed E-state index contributed by atoms with van der Waals surface area (Å²) in [5, 5.41) is 2.81. The summed E-state index contributed by atoms with van der Waals surface area (Å²) in [5.74, 6) is 0.657. The highest BCUT2D eigenvalue weighted by Gasteiger charge is 2.10. The van der Waals surface area contributed by atoms with E-state index in [0.29, 0.717) is 17.2 Å². The van der Waals surface area contributed by atoms with Crippen molar-refractivity contribution in [3.05, 3.63) is 65.9 Å². The van der Waals surface area contributed by atoms with Crippen molar-refractivity contribution < 1.29 is 19.1 Å². The molecule has 0 atom stereocenters. The lowest BCUT2D eigenvalue weighted by atomic mass is 10.1. The smallest absolute Gasteiger partial charge is 0.242 e. The highest BCUT2D eigenvalue weighted by Crippen LogP contribution is 2.27. The van der Waals surface area contributed by atoms with Gasteiger partial charge in [0.2, 0.25) is 11.8 Å². The number of ether oxygens (including phenoxy) is 2. The van der Waals surface area contributed by atoms with E-state index in [1.807, 2.05) is 31.2 Å². The molecule has 0 spiro atoms. The second-order valence-electron chi connectivity index (χ2n) is 6.18. The fourth-order valence-corrected chi connectivity index (χ4v) is 2.52. The SMILES string of the molecule is C=C(CC(=O)Nc1ccccc1C)NNC(=O)Cc1ccc(OC)c(OC)c1. The molecule has 2 amide bonds. The Labute approximate surface area is 164 Å². The average molecular weight is 383 g/mol. The van der Waals surface area contributed by atoms with Gasteiger partial charge in [0.25, 0.3) is 0 Å². The zero-order valence-corrected chi connectivity index (χ0v) is 16.3. The Kier molecular flexibility index (Phi) is 7.45. The van der Waals surface area contributed by atoms with Crippen LogP contribution in [0.2, 0.25) is 0 Å². The molecule has 7 nitrogen and oxygen atoms in total. The number of rotatable bonds is 9. The van der Waals surface area contributed by atoms with Crippen molar-refractivity contribution in [3.63, 3.8) is 0 Å². The Morgan fingerprint density at radius 1 is 0.964 bits per heavy atom. The molecular formula is C21H25N3O4. The summed E-state index contributed by atoms with van der Waals surface area (Å²) < 4.78 is 10.4. The van der Waals surface area contributed by atoms with Crippen LogP contribution in [0.1, 0.15) is 17.5 Å². The van der Waals surface area contributed by atoms with Crippen molar-refractivity contribution in [2.75, 3.05) is 19.5 Å². The first-order chi connectivity index (χ1) is 13.4. The normalized spacial score (nSPS) is 9.96. The molecule has 0 saturated heterocycles. The van der Waals surface area contributed by atoms with Gasteiger partial charge in [-0.25, -0.2) is 0 Å². The van der Waals surface area contributed by atoms with Crippen LogP contribution in [0.25, 0.3) is 0 Å². The third kappa shape index (κ3) is 6.05. The van der Waals surface area contributed by atoms with E-state index in [1.54, 1.807) is 25.3 Å². The van der Waals surface area contributed by atoms with E-state index >= 15 is 0 Å². The second-order valence-corrected chi connectivity index (χ2v) is 6.18. The lowest BCUT2D eigenvalue weighted by Crippen LogP contribution is -2.38. The van der Waals surface area contributed by atoms with Crippen LogP contribution < -0.4 is 25.6 Å². The third-order valence-electron chi connectivity index (χ3n) is 3.98. The topological polar surface area (TPSA) is 88.7 Å². The van der Waals surface area contributed by atoms with Crippen LogP contribution in [-0.4, -0.2) is 26.0 Å². The largest absolute Gasteiger partial charge is 0.493 e. The van der Waals surface area contributed by atoms with Gasteiger partial charge in [-0.1, -0.05) is 30.8 Å². The number of para-hydroxylation sites is 1. The van der Waals surface area contributed by atoms with Gasteiger partial charge >= 0.3 is 0 Å². The molecule has 7 heteroatoms. The summed E-state index contributed by atoms with van der Waals surface area (Å²) in [6.07, 6.45) is 0.168. The number of nitrogens with one attached hydrogen (secondary N) is 3. The van der Waals surface area contributed by atoms with Crippen LogP contribution in [0.3, 0.4) is 0 Å². The van der Waals surface area contributed by atoms with E-state index in [0.717, 1.165) is 16.8 Å². The number of methoxy groups -OCH3 is 2. The van der Waals surface area contributed by atoms with Crippen LogP contribution in [0.15, 0.2) is 54.7 Å². The maximum absolute atomic E-state index is 12.1. The first-order valence-electron chi connectivity index (χ1n) is 8.72. The zero-order valence-electron chi connectivity index (χ0n) is 16.3. The summed E-state index contributed by atoms with van der Waals surface area (Å²) in [6.45, 7) is 5.68. The van der Waals surface area contributed by atoms with E-state index in [-0.39, 0.29) is 24.7 Å². The predicted octanol–water partition coefficient (Wildman–Crippen LogP) is 2.72. The maximum atomic E-state index is 12.1.